The van der Waals surface area contributed by atoms with Gasteiger partial charge in [-0.15, -0.1) is 0 Å². The van der Waals surface area contributed by atoms with Crippen molar-refractivity contribution in [2.45, 2.75) is 9.79 Å². The number of nitro groups is 1. The summed E-state index contributed by atoms with van der Waals surface area (Å²) in [6, 6.07) is 11.7. The zero-order chi connectivity index (χ0) is 17.5. The minimum Gasteiger partial charge on any atom is -0.271 e. The molecule has 0 aliphatic heterocycles. The van der Waals surface area contributed by atoms with Gasteiger partial charge in [0.25, 0.3) is 5.69 Å². The van der Waals surface area contributed by atoms with Crippen molar-refractivity contribution in [2.24, 2.45) is 4.99 Å². The lowest BCUT2D eigenvalue weighted by Gasteiger charge is -2.05. The zero-order valence-electron chi connectivity index (χ0n) is 12.4. The molecule has 0 saturated carbocycles. The topological polar surface area (TPSA) is 91.3 Å². The lowest BCUT2D eigenvalue weighted by Crippen LogP contribution is -2.12. The molecule has 0 radical (unpaired) electrons. The minimum absolute atomic E-state index is 0.0647. The summed E-state index contributed by atoms with van der Waals surface area (Å²) >= 11 is 8.46. The second-order valence-corrected chi connectivity index (χ2v) is 6.73. The maximum atomic E-state index is 11.1. The third-order valence-electron chi connectivity index (χ3n) is 2.72. The molecule has 9 heteroatoms. The van der Waals surface area contributed by atoms with Gasteiger partial charge < -0.3 is 0 Å². The maximum Gasteiger partial charge on any atom is 0.272 e. The van der Waals surface area contributed by atoms with Gasteiger partial charge in [-0.25, -0.2) is 4.99 Å². The highest BCUT2D eigenvalue weighted by Gasteiger charge is 2.11. The first-order valence-corrected chi connectivity index (χ1v) is 8.94. The summed E-state index contributed by atoms with van der Waals surface area (Å²) in [4.78, 5) is 16.5. The van der Waals surface area contributed by atoms with E-state index in [1.165, 1.54) is 35.7 Å². The van der Waals surface area contributed by atoms with Crippen LogP contribution in [0.3, 0.4) is 0 Å². The SMILES string of the molecule is CSC(=Nc1cc(Sc2ccc(Cl)cc2)cc([N+](=O)[O-])c1)NC#N. The fraction of sp³-hybridized carbons (Fsp3) is 0.0667. The van der Waals surface area contributed by atoms with Crippen LogP contribution in [0, 0.1) is 21.6 Å². The van der Waals surface area contributed by atoms with Crippen molar-refractivity contribution in [1.29, 1.82) is 5.26 Å². The quantitative estimate of drug-likeness (QED) is 0.205. The number of halogens is 1. The number of nitriles is 1. The second-order valence-electron chi connectivity index (χ2n) is 4.36. The summed E-state index contributed by atoms with van der Waals surface area (Å²) in [7, 11) is 0. The molecule has 1 N–H and O–H groups in total. The molecule has 0 unspecified atom stereocenters. The van der Waals surface area contributed by atoms with Crippen molar-refractivity contribution in [3.8, 4) is 6.19 Å². The number of hydrogen-bond donors (Lipinski definition) is 1. The van der Waals surface area contributed by atoms with Crippen LogP contribution >= 0.6 is 35.1 Å². The summed E-state index contributed by atoms with van der Waals surface area (Å²) in [5.74, 6) is 0. The van der Waals surface area contributed by atoms with Gasteiger partial charge in [0.05, 0.1) is 10.6 Å². The molecule has 0 spiro atoms. The number of aliphatic imine (C=N–C) groups is 1. The molecule has 0 aliphatic carbocycles. The van der Waals surface area contributed by atoms with Gasteiger partial charge in [0.1, 0.15) is 0 Å². The molecule has 0 bridgehead atoms. The molecule has 0 atom stereocenters. The van der Waals surface area contributed by atoms with Crippen LogP contribution in [-0.4, -0.2) is 16.3 Å². The van der Waals surface area contributed by atoms with Gasteiger partial charge in [-0.3, -0.25) is 15.4 Å². The van der Waals surface area contributed by atoms with Crippen LogP contribution < -0.4 is 5.32 Å². The summed E-state index contributed by atoms with van der Waals surface area (Å²) in [6.45, 7) is 0. The van der Waals surface area contributed by atoms with E-state index in [0.717, 1.165) is 4.90 Å². The number of benzene rings is 2. The standard InChI is InChI=1S/C15H11ClN4O2S2/c1-23-15(18-9-17)19-11-6-12(20(21)22)8-14(7-11)24-13-4-2-10(16)3-5-13/h2-8H,1H3,(H,18,19). The lowest BCUT2D eigenvalue weighted by molar-refractivity contribution is -0.385. The Hall–Kier alpha value is -2.21. The lowest BCUT2D eigenvalue weighted by atomic mass is 10.3. The van der Waals surface area contributed by atoms with E-state index in [9.17, 15) is 10.1 Å². The van der Waals surface area contributed by atoms with Crippen molar-refractivity contribution >= 4 is 51.7 Å². The number of amidine groups is 1. The highest BCUT2D eigenvalue weighted by atomic mass is 35.5. The molecule has 24 heavy (non-hydrogen) atoms. The molecule has 122 valence electrons. The Morgan fingerprint density at radius 2 is 2.00 bits per heavy atom. The summed E-state index contributed by atoms with van der Waals surface area (Å²) in [5, 5.41) is 23.2. The van der Waals surface area contributed by atoms with E-state index < -0.39 is 4.92 Å². The molecule has 0 fully saturated rings. The van der Waals surface area contributed by atoms with E-state index in [2.05, 4.69) is 10.3 Å². The predicted octanol–water partition coefficient (Wildman–Crippen LogP) is 4.82. The number of nitrogens with one attached hydrogen (secondary N) is 1. The van der Waals surface area contributed by atoms with E-state index in [4.69, 9.17) is 16.9 Å². The van der Waals surface area contributed by atoms with Crippen molar-refractivity contribution in [3.05, 3.63) is 57.6 Å². The predicted molar refractivity (Wildman–Crippen MR) is 98.0 cm³/mol. The van der Waals surface area contributed by atoms with Crippen LogP contribution in [-0.2, 0) is 0 Å². The van der Waals surface area contributed by atoms with E-state index in [0.29, 0.717) is 20.8 Å². The summed E-state index contributed by atoms with van der Waals surface area (Å²) < 4.78 is 0. The van der Waals surface area contributed by atoms with Crippen LogP contribution in [0.2, 0.25) is 5.02 Å². The molecule has 0 amide bonds. The van der Waals surface area contributed by atoms with E-state index in [1.54, 1.807) is 30.6 Å². The second kappa shape index (κ2) is 8.59. The van der Waals surface area contributed by atoms with Gasteiger partial charge in [-0.2, -0.15) is 5.26 Å². The Labute approximate surface area is 152 Å². The van der Waals surface area contributed by atoms with Gasteiger partial charge in [-0.05, 0) is 36.6 Å². The number of nitro benzene ring substituents is 1. The van der Waals surface area contributed by atoms with Crippen molar-refractivity contribution in [3.63, 3.8) is 0 Å². The molecule has 0 aromatic heterocycles. The number of hydrogen-bond acceptors (Lipinski definition) is 6. The first kappa shape index (κ1) is 18.1. The highest BCUT2D eigenvalue weighted by molar-refractivity contribution is 8.13. The Morgan fingerprint density at radius 1 is 1.29 bits per heavy atom. The van der Waals surface area contributed by atoms with E-state index in [-0.39, 0.29) is 5.69 Å². The van der Waals surface area contributed by atoms with Crippen LogP contribution in [0.5, 0.6) is 0 Å². The fourth-order valence-electron chi connectivity index (χ4n) is 1.73. The van der Waals surface area contributed by atoms with Gasteiger partial charge in [0, 0.05) is 26.9 Å². The van der Waals surface area contributed by atoms with Crippen molar-refractivity contribution in [2.75, 3.05) is 6.26 Å². The number of thioether (sulfide) groups is 1. The average Bonchev–Trinajstić information content (AvgIpc) is 2.56. The Morgan fingerprint density at radius 3 is 2.58 bits per heavy atom. The molecule has 0 saturated heterocycles. The maximum absolute atomic E-state index is 11.1. The van der Waals surface area contributed by atoms with Crippen LogP contribution in [0.15, 0.2) is 57.2 Å². The molecule has 0 heterocycles. The Balaban J connectivity index is 2.39. The largest absolute Gasteiger partial charge is 0.272 e. The van der Waals surface area contributed by atoms with Gasteiger partial charge >= 0.3 is 0 Å². The third kappa shape index (κ3) is 5.16. The van der Waals surface area contributed by atoms with Gasteiger partial charge in [0.2, 0.25) is 0 Å². The fourth-order valence-corrected chi connectivity index (χ4v) is 3.10. The zero-order valence-corrected chi connectivity index (χ0v) is 14.8. The molecular formula is C15H11ClN4O2S2. The molecular weight excluding hydrogens is 368 g/mol. The van der Waals surface area contributed by atoms with Crippen LogP contribution in [0.25, 0.3) is 0 Å². The molecule has 6 nitrogen and oxygen atoms in total. The molecule has 2 aromatic carbocycles. The third-order valence-corrected chi connectivity index (χ3v) is 4.53. The minimum atomic E-state index is -0.471. The van der Waals surface area contributed by atoms with E-state index in [1.807, 2.05) is 12.1 Å². The Bertz CT molecular complexity index is 819. The smallest absolute Gasteiger partial charge is 0.271 e. The van der Waals surface area contributed by atoms with Gasteiger partial charge in [0.15, 0.2) is 11.4 Å². The Kier molecular flexibility index (Phi) is 6.49. The van der Waals surface area contributed by atoms with Crippen LogP contribution in [0.1, 0.15) is 0 Å². The molecule has 2 aromatic rings. The molecule has 2 rings (SSSR count). The first-order chi connectivity index (χ1) is 11.5. The normalized spacial score (nSPS) is 11.0. The monoisotopic (exact) mass is 378 g/mol. The average molecular weight is 379 g/mol. The van der Waals surface area contributed by atoms with Crippen molar-refractivity contribution < 1.29 is 4.92 Å². The highest BCUT2D eigenvalue weighted by Crippen LogP contribution is 2.34. The number of non-ortho nitro benzene ring substituents is 1. The number of nitrogens with zero attached hydrogens (tertiary/aromatic N) is 3. The first-order valence-electron chi connectivity index (χ1n) is 6.52. The van der Waals surface area contributed by atoms with E-state index >= 15 is 0 Å². The van der Waals surface area contributed by atoms with Crippen molar-refractivity contribution in [1.82, 2.24) is 5.32 Å². The molecule has 0 aliphatic rings. The number of rotatable bonds is 4. The van der Waals surface area contributed by atoms with Gasteiger partial charge in [-0.1, -0.05) is 35.1 Å². The van der Waals surface area contributed by atoms with Crippen LogP contribution in [0.4, 0.5) is 11.4 Å². The summed E-state index contributed by atoms with van der Waals surface area (Å²) in [6.07, 6.45) is 3.54. The summed E-state index contributed by atoms with van der Waals surface area (Å²) in [5.41, 5.74) is 0.331.